The molecule has 0 aliphatic rings. The van der Waals surface area contributed by atoms with Crippen LogP contribution in [0.15, 0.2) is 12.4 Å². The molecule has 0 saturated carbocycles. The molecular formula is C11H7N3O4. The van der Waals surface area contributed by atoms with E-state index in [0.29, 0.717) is 0 Å². The van der Waals surface area contributed by atoms with E-state index in [1.807, 2.05) is 6.07 Å². The van der Waals surface area contributed by atoms with Crippen molar-refractivity contribution >= 4 is 22.7 Å². The molecule has 0 aliphatic heterocycles. The lowest BCUT2D eigenvalue weighted by Gasteiger charge is -2.03. The summed E-state index contributed by atoms with van der Waals surface area (Å²) < 4.78 is 5.02. The summed E-state index contributed by atoms with van der Waals surface area (Å²) in [5, 5.41) is 17.8. The number of aliphatic carboxylic acids is 1. The third kappa shape index (κ3) is 1.56. The highest BCUT2D eigenvalue weighted by atomic mass is 16.5. The second-order valence-corrected chi connectivity index (χ2v) is 3.37. The van der Waals surface area contributed by atoms with E-state index in [4.69, 9.17) is 15.1 Å². The molecule has 0 atom stereocenters. The van der Waals surface area contributed by atoms with E-state index < -0.39 is 11.8 Å². The average molecular weight is 245 g/mol. The Bertz CT molecular complexity index is 696. The first-order chi connectivity index (χ1) is 8.60. The van der Waals surface area contributed by atoms with E-state index in [0.717, 1.165) is 0 Å². The number of ether oxygens (including phenoxy) is 1. The zero-order chi connectivity index (χ0) is 13.3. The van der Waals surface area contributed by atoms with Crippen LogP contribution in [0.2, 0.25) is 0 Å². The predicted molar refractivity (Wildman–Crippen MR) is 59.3 cm³/mol. The van der Waals surface area contributed by atoms with Gasteiger partial charge in [0, 0.05) is 6.20 Å². The van der Waals surface area contributed by atoms with Gasteiger partial charge in [-0.25, -0.2) is 9.78 Å². The number of carbonyl (C=O) groups excluding carboxylic acids is 1. The van der Waals surface area contributed by atoms with Crippen molar-refractivity contribution in [3.8, 4) is 11.8 Å². The molecule has 0 fully saturated rings. The molecule has 0 saturated heterocycles. The molecule has 18 heavy (non-hydrogen) atoms. The molecule has 2 N–H and O–H groups in total. The van der Waals surface area contributed by atoms with Crippen molar-refractivity contribution in [1.29, 1.82) is 5.26 Å². The molecule has 0 amide bonds. The van der Waals surface area contributed by atoms with Crippen LogP contribution in [0.5, 0.6) is 5.75 Å². The first-order valence-corrected chi connectivity index (χ1v) is 4.82. The molecule has 2 rings (SSSR count). The van der Waals surface area contributed by atoms with Crippen LogP contribution in [0.3, 0.4) is 0 Å². The lowest BCUT2D eigenvalue weighted by atomic mass is 10.1. The van der Waals surface area contributed by atoms with Crippen molar-refractivity contribution in [3.05, 3.63) is 23.7 Å². The van der Waals surface area contributed by atoms with Gasteiger partial charge in [0.1, 0.15) is 11.8 Å². The van der Waals surface area contributed by atoms with Crippen LogP contribution in [-0.2, 0) is 4.79 Å². The van der Waals surface area contributed by atoms with E-state index >= 15 is 0 Å². The minimum Gasteiger partial charge on any atom is -0.494 e. The molecule has 2 aromatic heterocycles. The maximum absolute atomic E-state index is 11.5. The lowest BCUT2D eigenvalue weighted by Crippen LogP contribution is -2.12. The number of Topliss-reactive ketones (excluding diaryl/α,β-unsaturated/α-hetero) is 1. The van der Waals surface area contributed by atoms with E-state index in [-0.39, 0.29) is 27.9 Å². The lowest BCUT2D eigenvalue weighted by molar-refractivity contribution is -0.131. The third-order valence-corrected chi connectivity index (χ3v) is 2.44. The number of H-pyrrole nitrogens is 1. The smallest absolute Gasteiger partial charge is 0.377 e. The van der Waals surface area contributed by atoms with Crippen LogP contribution in [0.4, 0.5) is 0 Å². The average Bonchev–Trinajstić information content (AvgIpc) is 2.81. The number of ketones is 1. The number of carboxylic acid groups (broad SMARTS) is 1. The summed E-state index contributed by atoms with van der Waals surface area (Å²) in [5.41, 5.74) is 0.282. The molecule has 0 unspecified atom stereocenters. The quantitative estimate of drug-likeness (QED) is 0.607. The maximum Gasteiger partial charge on any atom is 0.377 e. The summed E-state index contributed by atoms with van der Waals surface area (Å²) in [7, 11) is 1.37. The monoisotopic (exact) mass is 245 g/mol. The van der Waals surface area contributed by atoms with Crippen molar-refractivity contribution in [2.45, 2.75) is 0 Å². The minimum absolute atomic E-state index is 0.0618. The summed E-state index contributed by atoms with van der Waals surface area (Å²) >= 11 is 0. The van der Waals surface area contributed by atoms with Crippen LogP contribution < -0.4 is 4.74 Å². The van der Waals surface area contributed by atoms with Crippen molar-refractivity contribution in [1.82, 2.24) is 9.97 Å². The highest BCUT2D eigenvalue weighted by Gasteiger charge is 2.23. The predicted octanol–water partition coefficient (Wildman–Crippen LogP) is 0.710. The number of carboxylic acids is 1. The molecule has 7 nitrogen and oxygen atoms in total. The van der Waals surface area contributed by atoms with Crippen molar-refractivity contribution in [3.63, 3.8) is 0 Å². The first-order valence-electron chi connectivity index (χ1n) is 4.82. The molecule has 2 heterocycles. The number of aromatic amines is 1. The molecule has 0 radical (unpaired) electrons. The summed E-state index contributed by atoms with van der Waals surface area (Å²) in [6, 6.07) is 1.85. The maximum atomic E-state index is 11.5. The van der Waals surface area contributed by atoms with Gasteiger partial charge in [-0.2, -0.15) is 5.26 Å². The molecule has 0 spiro atoms. The zero-order valence-electron chi connectivity index (χ0n) is 9.22. The Morgan fingerprint density at radius 3 is 2.83 bits per heavy atom. The molecular weight excluding hydrogens is 238 g/mol. The fourth-order valence-electron chi connectivity index (χ4n) is 1.65. The largest absolute Gasteiger partial charge is 0.494 e. The summed E-state index contributed by atoms with van der Waals surface area (Å²) in [6.45, 7) is 0. The Labute approximate surface area is 101 Å². The molecule has 7 heteroatoms. The van der Waals surface area contributed by atoms with Gasteiger partial charge < -0.3 is 14.8 Å². The van der Waals surface area contributed by atoms with Gasteiger partial charge >= 0.3 is 5.97 Å². The fourth-order valence-corrected chi connectivity index (χ4v) is 1.65. The van der Waals surface area contributed by atoms with Gasteiger partial charge in [0.05, 0.1) is 29.8 Å². The van der Waals surface area contributed by atoms with Crippen molar-refractivity contribution in [2.24, 2.45) is 0 Å². The van der Waals surface area contributed by atoms with Gasteiger partial charge in [-0.15, -0.1) is 0 Å². The summed E-state index contributed by atoms with van der Waals surface area (Å²) in [5.74, 6) is -2.42. The number of nitriles is 1. The fraction of sp³-hybridized carbons (Fsp3) is 0.0909. The number of hydrogen-bond acceptors (Lipinski definition) is 5. The Hall–Kier alpha value is -2.88. The zero-order valence-corrected chi connectivity index (χ0v) is 9.22. The highest BCUT2D eigenvalue weighted by Crippen LogP contribution is 2.29. The van der Waals surface area contributed by atoms with Crippen LogP contribution in [-0.4, -0.2) is 33.9 Å². The van der Waals surface area contributed by atoms with Gasteiger partial charge in [-0.05, 0) is 0 Å². The van der Waals surface area contributed by atoms with Crippen LogP contribution in [0, 0.1) is 11.3 Å². The summed E-state index contributed by atoms with van der Waals surface area (Å²) in [6.07, 6.45) is 2.50. The number of nitrogens with zero attached hydrogens (tertiary/aromatic N) is 2. The van der Waals surface area contributed by atoms with Gasteiger partial charge in [0.15, 0.2) is 5.69 Å². The van der Waals surface area contributed by atoms with Crippen molar-refractivity contribution < 1.29 is 19.4 Å². The van der Waals surface area contributed by atoms with Crippen molar-refractivity contribution in [2.75, 3.05) is 7.11 Å². The molecule has 0 aromatic carbocycles. The molecule has 0 aliphatic carbocycles. The Kier molecular flexibility index (Phi) is 2.69. The highest BCUT2D eigenvalue weighted by molar-refractivity contribution is 6.42. The molecule has 2 aromatic rings. The molecule has 90 valence electrons. The van der Waals surface area contributed by atoms with E-state index in [1.54, 1.807) is 0 Å². The number of methoxy groups -OCH3 is 1. The van der Waals surface area contributed by atoms with Crippen LogP contribution in [0.1, 0.15) is 16.1 Å². The van der Waals surface area contributed by atoms with E-state index in [9.17, 15) is 9.59 Å². The Balaban J connectivity index is 2.82. The SMILES string of the molecule is COc1cnc(C#N)c2[nH]cc(C(=O)C(=O)O)c12. The number of pyridine rings is 1. The van der Waals surface area contributed by atoms with Gasteiger partial charge in [-0.3, -0.25) is 4.79 Å². The van der Waals surface area contributed by atoms with Gasteiger partial charge in [-0.1, -0.05) is 0 Å². The topological polar surface area (TPSA) is 116 Å². The van der Waals surface area contributed by atoms with Crippen LogP contribution in [0.25, 0.3) is 10.9 Å². The number of hydrogen-bond donors (Lipinski definition) is 2. The van der Waals surface area contributed by atoms with E-state index in [1.165, 1.54) is 19.5 Å². The van der Waals surface area contributed by atoms with E-state index in [2.05, 4.69) is 9.97 Å². The third-order valence-electron chi connectivity index (χ3n) is 2.44. The van der Waals surface area contributed by atoms with Gasteiger partial charge in [0.25, 0.3) is 5.78 Å². The first kappa shape index (κ1) is 11.6. The summed E-state index contributed by atoms with van der Waals surface area (Å²) in [4.78, 5) is 28.7. The van der Waals surface area contributed by atoms with Crippen LogP contribution >= 0.6 is 0 Å². The number of carbonyl (C=O) groups is 2. The standard InChI is InChI=1S/C11H7N3O4/c1-18-7-4-13-6(2-12)9-8(7)5(3-14-9)10(15)11(16)17/h3-4,14H,1H3,(H,16,17). The number of nitrogens with one attached hydrogen (secondary N) is 1. The number of aromatic nitrogens is 2. The normalized spacial score (nSPS) is 10.0. The minimum atomic E-state index is -1.58. The molecule has 0 bridgehead atoms. The number of fused-ring (bicyclic) bond motifs is 1. The second kappa shape index (κ2) is 4.18. The Morgan fingerprint density at radius 2 is 2.28 bits per heavy atom. The Morgan fingerprint density at radius 1 is 1.56 bits per heavy atom. The van der Waals surface area contributed by atoms with Gasteiger partial charge in [0.2, 0.25) is 0 Å². The second-order valence-electron chi connectivity index (χ2n) is 3.37. The number of rotatable bonds is 3.